The molecule has 0 unspecified atom stereocenters. The maximum atomic E-state index is 12.4. The third kappa shape index (κ3) is 6.11. The monoisotopic (exact) mass is 500 g/mol. The molecule has 0 aliphatic rings. The van der Waals surface area contributed by atoms with Gasteiger partial charge in [0.25, 0.3) is 5.91 Å². The van der Waals surface area contributed by atoms with Gasteiger partial charge in [0.05, 0.1) is 5.02 Å². The molecule has 0 heterocycles. The molecule has 1 amide bonds. The van der Waals surface area contributed by atoms with Gasteiger partial charge in [-0.15, -0.1) is 0 Å². The van der Waals surface area contributed by atoms with E-state index in [0.29, 0.717) is 33.7 Å². The van der Waals surface area contributed by atoms with Crippen LogP contribution in [0, 0.1) is 11.3 Å². The number of anilines is 1. The van der Waals surface area contributed by atoms with E-state index >= 15 is 0 Å². The average molecular weight is 502 g/mol. The first-order valence-electron chi connectivity index (χ1n) is 8.80. The summed E-state index contributed by atoms with van der Waals surface area (Å²) >= 11 is 15.6. The van der Waals surface area contributed by atoms with Crippen molar-refractivity contribution in [3.05, 3.63) is 97.9 Å². The van der Waals surface area contributed by atoms with Crippen LogP contribution in [0.4, 0.5) is 5.69 Å². The van der Waals surface area contributed by atoms with Gasteiger partial charge in [0.15, 0.2) is 0 Å². The highest BCUT2D eigenvalue weighted by Crippen LogP contribution is 2.27. The van der Waals surface area contributed by atoms with Gasteiger partial charge in [-0.3, -0.25) is 4.79 Å². The van der Waals surface area contributed by atoms with Gasteiger partial charge in [-0.05, 0) is 59.7 Å². The van der Waals surface area contributed by atoms with Crippen molar-refractivity contribution < 1.29 is 9.53 Å². The molecule has 0 atom stereocenters. The van der Waals surface area contributed by atoms with E-state index in [1.165, 1.54) is 6.08 Å². The van der Waals surface area contributed by atoms with Crippen LogP contribution in [0.1, 0.15) is 11.1 Å². The Morgan fingerprint density at radius 2 is 1.87 bits per heavy atom. The smallest absolute Gasteiger partial charge is 0.266 e. The molecule has 0 fully saturated rings. The van der Waals surface area contributed by atoms with E-state index in [2.05, 4.69) is 21.2 Å². The van der Waals surface area contributed by atoms with Gasteiger partial charge in [-0.25, -0.2) is 0 Å². The third-order valence-corrected chi connectivity index (χ3v) is 5.08. The van der Waals surface area contributed by atoms with Crippen molar-refractivity contribution in [1.29, 1.82) is 5.26 Å². The number of carbonyl (C=O) groups excluding carboxylic acids is 1. The molecule has 4 nitrogen and oxygen atoms in total. The quantitative estimate of drug-likeness (QED) is 0.295. The minimum Gasteiger partial charge on any atom is -0.487 e. The lowest BCUT2D eigenvalue weighted by atomic mass is 10.1. The van der Waals surface area contributed by atoms with Crippen LogP contribution in [-0.2, 0) is 11.4 Å². The van der Waals surface area contributed by atoms with Gasteiger partial charge in [0.1, 0.15) is 24.0 Å². The van der Waals surface area contributed by atoms with Crippen molar-refractivity contribution in [2.24, 2.45) is 0 Å². The van der Waals surface area contributed by atoms with Crippen LogP contribution >= 0.6 is 39.1 Å². The van der Waals surface area contributed by atoms with Gasteiger partial charge < -0.3 is 10.1 Å². The molecule has 30 heavy (non-hydrogen) atoms. The predicted molar refractivity (Wildman–Crippen MR) is 124 cm³/mol. The lowest BCUT2D eigenvalue weighted by molar-refractivity contribution is -0.112. The van der Waals surface area contributed by atoms with E-state index in [9.17, 15) is 10.1 Å². The van der Waals surface area contributed by atoms with Crippen LogP contribution in [0.5, 0.6) is 5.75 Å². The number of carbonyl (C=O) groups is 1. The fourth-order valence-corrected chi connectivity index (χ4v) is 3.24. The van der Waals surface area contributed by atoms with Crippen LogP contribution in [0.2, 0.25) is 10.0 Å². The van der Waals surface area contributed by atoms with Crippen LogP contribution in [0.25, 0.3) is 6.08 Å². The molecule has 0 spiro atoms. The molecule has 150 valence electrons. The number of nitriles is 1. The molecule has 0 radical (unpaired) electrons. The molecule has 0 aliphatic heterocycles. The summed E-state index contributed by atoms with van der Waals surface area (Å²) in [4.78, 5) is 12.4. The number of amides is 1. The minimum atomic E-state index is -0.536. The summed E-state index contributed by atoms with van der Waals surface area (Å²) in [5.74, 6) is -0.0231. The van der Waals surface area contributed by atoms with Gasteiger partial charge in [-0.1, -0.05) is 63.4 Å². The molecular formula is C23H15BrCl2N2O2. The highest BCUT2D eigenvalue weighted by molar-refractivity contribution is 9.10. The molecule has 0 bridgehead atoms. The van der Waals surface area contributed by atoms with Crippen molar-refractivity contribution >= 4 is 56.8 Å². The van der Waals surface area contributed by atoms with Crippen LogP contribution < -0.4 is 10.1 Å². The van der Waals surface area contributed by atoms with E-state index < -0.39 is 5.91 Å². The number of benzene rings is 3. The number of ether oxygens (including phenoxy) is 1. The first-order valence-corrected chi connectivity index (χ1v) is 10.3. The summed E-state index contributed by atoms with van der Waals surface area (Å²) in [6, 6.07) is 21.5. The van der Waals surface area contributed by atoms with E-state index in [-0.39, 0.29) is 5.57 Å². The van der Waals surface area contributed by atoms with Crippen molar-refractivity contribution in [2.45, 2.75) is 6.61 Å². The Hall–Kier alpha value is -2.78. The highest BCUT2D eigenvalue weighted by atomic mass is 79.9. The summed E-state index contributed by atoms with van der Waals surface area (Å²) in [5, 5.41) is 12.9. The van der Waals surface area contributed by atoms with Gasteiger partial charge in [-0.2, -0.15) is 5.26 Å². The second kappa shape index (κ2) is 10.3. The molecule has 0 aromatic heterocycles. The van der Waals surface area contributed by atoms with Crippen LogP contribution in [-0.4, -0.2) is 5.91 Å². The van der Waals surface area contributed by atoms with E-state index in [0.717, 1.165) is 10.0 Å². The normalized spacial score (nSPS) is 10.9. The fraction of sp³-hybridized carbons (Fsp3) is 0.0435. The first-order chi connectivity index (χ1) is 14.4. The van der Waals surface area contributed by atoms with E-state index in [4.69, 9.17) is 27.9 Å². The predicted octanol–water partition coefficient (Wildman–Crippen LogP) is 6.88. The standard InChI is InChI=1S/C23H15BrCl2N2O2/c24-18-7-4-15(5-8-18)14-30-22-9-6-16(11-21(22)26)10-17(13-27)23(29)28-20-3-1-2-19(25)12-20/h1-12H,14H2,(H,28,29)/b17-10+. The van der Waals surface area contributed by atoms with Gasteiger partial charge in [0, 0.05) is 15.2 Å². The minimum absolute atomic E-state index is 0.0606. The Morgan fingerprint density at radius 1 is 1.10 bits per heavy atom. The lowest BCUT2D eigenvalue weighted by Crippen LogP contribution is -2.13. The molecule has 0 saturated carbocycles. The zero-order valence-corrected chi connectivity index (χ0v) is 18.6. The number of hydrogen-bond acceptors (Lipinski definition) is 3. The SMILES string of the molecule is N#C/C(=C\c1ccc(OCc2ccc(Br)cc2)c(Cl)c1)C(=O)Nc1cccc(Cl)c1. The Bertz CT molecular complexity index is 1140. The topological polar surface area (TPSA) is 62.1 Å². The van der Waals surface area contributed by atoms with Crippen molar-refractivity contribution in [2.75, 3.05) is 5.32 Å². The lowest BCUT2D eigenvalue weighted by Gasteiger charge is -2.09. The fourth-order valence-electron chi connectivity index (χ4n) is 2.55. The Morgan fingerprint density at radius 3 is 2.53 bits per heavy atom. The Kier molecular flexibility index (Phi) is 7.53. The van der Waals surface area contributed by atoms with Crippen molar-refractivity contribution in [3.63, 3.8) is 0 Å². The zero-order chi connectivity index (χ0) is 21.5. The largest absolute Gasteiger partial charge is 0.487 e. The summed E-state index contributed by atoms with van der Waals surface area (Å²) in [6.07, 6.45) is 1.46. The molecule has 0 saturated heterocycles. The molecule has 3 rings (SSSR count). The molecule has 3 aromatic carbocycles. The summed E-state index contributed by atoms with van der Waals surface area (Å²) in [7, 11) is 0. The Balaban J connectivity index is 1.70. The second-order valence-electron chi connectivity index (χ2n) is 6.24. The molecular weight excluding hydrogens is 487 g/mol. The van der Waals surface area contributed by atoms with Crippen LogP contribution in [0.3, 0.4) is 0 Å². The molecule has 3 aromatic rings. The number of rotatable bonds is 6. The number of halogens is 3. The highest BCUT2D eigenvalue weighted by Gasteiger charge is 2.11. The number of nitrogens with zero attached hydrogens (tertiary/aromatic N) is 1. The average Bonchev–Trinajstić information content (AvgIpc) is 2.72. The van der Waals surface area contributed by atoms with E-state index in [1.807, 2.05) is 30.3 Å². The second-order valence-corrected chi connectivity index (χ2v) is 8.00. The van der Waals surface area contributed by atoms with Gasteiger partial charge >= 0.3 is 0 Å². The molecule has 0 aliphatic carbocycles. The van der Waals surface area contributed by atoms with Crippen molar-refractivity contribution in [3.8, 4) is 11.8 Å². The summed E-state index contributed by atoms with van der Waals surface area (Å²) < 4.78 is 6.76. The maximum Gasteiger partial charge on any atom is 0.266 e. The van der Waals surface area contributed by atoms with Crippen LogP contribution in [0.15, 0.2) is 76.8 Å². The number of nitrogens with one attached hydrogen (secondary N) is 1. The Labute approximate surface area is 192 Å². The third-order valence-electron chi connectivity index (χ3n) is 4.02. The summed E-state index contributed by atoms with van der Waals surface area (Å²) in [6.45, 7) is 0.369. The van der Waals surface area contributed by atoms with Crippen molar-refractivity contribution in [1.82, 2.24) is 0 Å². The first kappa shape index (κ1) is 21.9. The van der Waals surface area contributed by atoms with E-state index in [1.54, 1.807) is 42.5 Å². The summed E-state index contributed by atoms with van der Waals surface area (Å²) in [5.41, 5.74) is 2.05. The van der Waals surface area contributed by atoms with Gasteiger partial charge in [0.2, 0.25) is 0 Å². The molecule has 1 N–H and O–H groups in total. The number of hydrogen-bond donors (Lipinski definition) is 1. The maximum absolute atomic E-state index is 12.4. The molecule has 7 heteroatoms. The zero-order valence-electron chi connectivity index (χ0n) is 15.5.